The molecule has 0 saturated carbocycles. The molecule has 0 atom stereocenters. The smallest absolute Gasteiger partial charge is 0.405 e. The van der Waals surface area contributed by atoms with Gasteiger partial charge in [0.2, 0.25) is 5.82 Å². The number of pyridine rings is 1. The van der Waals surface area contributed by atoms with Crippen LogP contribution in [0.4, 0.5) is 24.7 Å². The summed E-state index contributed by atoms with van der Waals surface area (Å²) in [7, 11) is 0. The molecule has 1 aromatic rings. The van der Waals surface area contributed by atoms with Gasteiger partial charge in [0, 0.05) is 12.3 Å². The predicted octanol–water partition coefficient (Wildman–Crippen LogP) is 1.31. The number of hydrogen-bond acceptors (Lipinski definition) is 6. The highest BCUT2D eigenvalue weighted by molar-refractivity contribution is 5.75. The first-order valence-corrected chi connectivity index (χ1v) is 5.22. The van der Waals surface area contributed by atoms with E-state index in [0.29, 0.717) is 0 Å². The molecule has 0 spiro atoms. The average molecular weight is 304 g/mol. The Kier molecular flexibility index (Phi) is 4.64. The molecule has 0 unspecified atom stereocenters. The fraction of sp³-hybridized carbons (Fsp3) is 0.300. The van der Waals surface area contributed by atoms with Crippen molar-refractivity contribution in [2.45, 2.75) is 6.18 Å². The lowest BCUT2D eigenvalue weighted by molar-refractivity contribution is -0.384. The van der Waals surface area contributed by atoms with Crippen molar-refractivity contribution < 1.29 is 28.0 Å². The fourth-order valence-corrected chi connectivity index (χ4v) is 1.47. The first kappa shape index (κ1) is 16.2. The van der Waals surface area contributed by atoms with Gasteiger partial charge in [-0.25, -0.2) is 4.98 Å². The van der Waals surface area contributed by atoms with E-state index in [1.807, 2.05) is 0 Å². The highest BCUT2D eigenvalue weighted by Gasteiger charge is 2.35. The van der Waals surface area contributed by atoms with Crippen LogP contribution in [0.25, 0.3) is 0 Å². The average Bonchev–Trinajstić information content (AvgIpc) is 2.34. The van der Waals surface area contributed by atoms with Crippen molar-refractivity contribution in [2.24, 2.45) is 0 Å². The maximum absolute atomic E-state index is 12.4. The maximum atomic E-state index is 12.4. The van der Waals surface area contributed by atoms with Crippen molar-refractivity contribution in [1.29, 1.82) is 5.26 Å². The highest BCUT2D eigenvalue weighted by atomic mass is 19.4. The molecule has 1 rings (SSSR count). The SMILES string of the molecule is N#Cc1cnc(N(CC(=O)O)CC(F)(F)F)c([N+](=O)[O-])c1. The van der Waals surface area contributed by atoms with E-state index in [4.69, 9.17) is 10.4 Å². The summed E-state index contributed by atoms with van der Waals surface area (Å²) in [5, 5.41) is 28.1. The number of carboxylic acid groups (broad SMARTS) is 1. The number of anilines is 1. The molecule has 1 N–H and O–H groups in total. The van der Waals surface area contributed by atoms with Crippen LogP contribution in [0.2, 0.25) is 0 Å². The number of rotatable bonds is 5. The lowest BCUT2D eigenvalue weighted by Crippen LogP contribution is -2.38. The summed E-state index contributed by atoms with van der Waals surface area (Å²) in [6.07, 6.45) is -3.95. The summed E-state index contributed by atoms with van der Waals surface area (Å²) in [4.78, 5) is 24.0. The minimum absolute atomic E-state index is 0.210. The Hall–Kier alpha value is -2.90. The van der Waals surface area contributed by atoms with Gasteiger partial charge in [-0.3, -0.25) is 14.9 Å². The number of aliphatic carboxylic acids is 1. The van der Waals surface area contributed by atoms with Crippen molar-refractivity contribution in [3.8, 4) is 6.07 Å². The van der Waals surface area contributed by atoms with Gasteiger partial charge in [0.25, 0.3) is 0 Å². The zero-order valence-electron chi connectivity index (χ0n) is 10.2. The molecule has 11 heteroatoms. The minimum atomic E-state index is -4.78. The molecule has 1 aromatic heterocycles. The Labute approximate surface area is 115 Å². The summed E-state index contributed by atoms with van der Waals surface area (Å²) >= 11 is 0. The van der Waals surface area contributed by atoms with Crippen molar-refractivity contribution in [2.75, 3.05) is 18.0 Å². The largest absolute Gasteiger partial charge is 0.480 e. The molecule has 0 bridgehead atoms. The molecule has 0 aliphatic rings. The molecule has 0 saturated heterocycles. The van der Waals surface area contributed by atoms with Gasteiger partial charge in [0.05, 0.1) is 10.5 Å². The maximum Gasteiger partial charge on any atom is 0.405 e. The standard InChI is InChI=1S/C10H7F3N4O4/c11-10(12,13)5-16(4-8(18)19)9-7(17(20)21)1-6(2-14)3-15-9/h1,3H,4-5H2,(H,18,19). The number of halogens is 3. The van der Waals surface area contributed by atoms with Crippen molar-refractivity contribution in [3.63, 3.8) is 0 Å². The van der Waals surface area contributed by atoms with Crippen LogP contribution in [0.5, 0.6) is 0 Å². The van der Waals surface area contributed by atoms with Gasteiger partial charge < -0.3 is 10.0 Å². The number of alkyl halides is 3. The zero-order valence-corrected chi connectivity index (χ0v) is 10.2. The van der Waals surface area contributed by atoms with E-state index < -0.39 is 41.7 Å². The third-order valence-corrected chi connectivity index (χ3v) is 2.17. The van der Waals surface area contributed by atoms with Gasteiger partial charge in [0.15, 0.2) is 0 Å². The molecule has 112 valence electrons. The summed E-state index contributed by atoms with van der Waals surface area (Å²) in [6.45, 7) is -2.85. The van der Waals surface area contributed by atoms with Gasteiger partial charge in [-0.05, 0) is 0 Å². The molecule has 1 heterocycles. The number of nitrogens with zero attached hydrogens (tertiary/aromatic N) is 4. The van der Waals surface area contributed by atoms with E-state index >= 15 is 0 Å². The van der Waals surface area contributed by atoms with Crippen LogP contribution in [0.1, 0.15) is 5.56 Å². The van der Waals surface area contributed by atoms with Crippen LogP contribution >= 0.6 is 0 Å². The van der Waals surface area contributed by atoms with Crippen LogP contribution in [-0.2, 0) is 4.79 Å². The Bertz CT molecular complexity index is 611. The number of nitriles is 1. The van der Waals surface area contributed by atoms with Crippen LogP contribution in [-0.4, -0.2) is 40.2 Å². The second kappa shape index (κ2) is 6.04. The van der Waals surface area contributed by atoms with E-state index in [0.717, 1.165) is 12.3 Å². The van der Waals surface area contributed by atoms with Crippen molar-refractivity contribution in [1.82, 2.24) is 4.98 Å². The Balaban J connectivity index is 3.32. The van der Waals surface area contributed by atoms with Crippen LogP contribution in [0.3, 0.4) is 0 Å². The van der Waals surface area contributed by atoms with Gasteiger partial charge in [-0.2, -0.15) is 18.4 Å². The van der Waals surface area contributed by atoms with E-state index in [2.05, 4.69) is 4.98 Å². The van der Waals surface area contributed by atoms with Gasteiger partial charge in [-0.1, -0.05) is 0 Å². The molecule has 0 aliphatic heterocycles. The number of carboxylic acids is 1. The summed E-state index contributed by atoms with van der Waals surface area (Å²) < 4.78 is 37.3. The normalized spacial score (nSPS) is 10.8. The van der Waals surface area contributed by atoms with E-state index in [9.17, 15) is 28.1 Å². The lowest BCUT2D eigenvalue weighted by Gasteiger charge is -2.22. The van der Waals surface area contributed by atoms with Crippen LogP contribution in [0.15, 0.2) is 12.3 Å². The molecule has 0 aromatic carbocycles. The number of nitro groups is 1. The Morgan fingerprint density at radius 3 is 2.62 bits per heavy atom. The number of aromatic nitrogens is 1. The predicted molar refractivity (Wildman–Crippen MR) is 61.5 cm³/mol. The summed E-state index contributed by atoms with van der Waals surface area (Å²) in [5.74, 6) is -2.38. The van der Waals surface area contributed by atoms with Crippen LogP contribution in [0, 0.1) is 21.4 Å². The quantitative estimate of drug-likeness (QED) is 0.643. The molecule has 21 heavy (non-hydrogen) atoms. The molecular formula is C10H7F3N4O4. The molecule has 0 amide bonds. The molecule has 0 radical (unpaired) electrons. The fourth-order valence-electron chi connectivity index (χ4n) is 1.47. The topological polar surface area (TPSA) is 120 Å². The van der Waals surface area contributed by atoms with E-state index in [1.165, 1.54) is 0 Å². The van der Waals surface area contributed by atoms with Gasteiger partial charge in [-0.15, -0.1) is 0 Å². The molecular weight excluding hydrogens is 297 g/mol. The van der Waals surface area contributed by atoms with Crippen LogP contribution < -0.4 is 4.90 Å². The number of hydrogen-bond donors (Lipinski definition) is 1. The van der Waals surface area contributed by atoms with Crippen molar-refractivity contribution >= 4 is 17.5 Å². The van der Waals surface area contributed by atoms with E-state index in [-0.39, 0.29) is 10.5 Å². The van der Waals surface area contributed by atoms with Crippen molar-refractivity contribution in [3.05, 3.63) is 27.9 Å². The third-order valence-electron chi connectivity index (χ3n) is 2.17. The van der Waals surface area contributed by atoms with Gasteiger partial charge in [0.1, 0.15) is 19.2 Å². The first-order valence-electron chi connectivity index (χ1n) is 5.22. The molecule has 0 aliphatic carbocycles. The molecule has 0 fully saturated rings. The Morgan fingerprint density at radius 2 is 2.19 bits per heavy atom. The monoisotopic (exact) mass is 304 g/mol. The Morgan fingerprint density at radius 1 is 1.57 bits per heavy atom. The second-order valence-electron chi connectivity index (χ2n) is 3.80. The lowest BCUT2D eigenvalue weighted by atomic mass is 10.2. The number of carbonyl (C=O) groups is 1. The summed E-state index contributed by atoms with van der Waals surface area (Å²) in [6, 6.07) is 2.28. The first-order chi connectivity index (χ1) is 9.64. The highest BCUT2D eigenvalue weighted by Crippen LogP contribution is 2.29. The second-order valence-corrected chi connectivity index (χ2v) is 3.80. The van der Waals surface area contributed by atoms with Gasteiger partial charge >= 0.3 is 17.8 Å². The molecule has 8 nitrogen and oxygen atoms in total. The third kappa shape index (κ3) is 4.60. The summed E-state index contributed by atoms with van der Waals surface area (Å²) in [5.41, 5.74) is -1.10. The zero-order chi connectivity index (χ0) is 16.2. The van der Waals surface area contributed by atoms with E-state index in [1.54, 1.807) is 6.07 Å². The minimum Gasteiger partial charge on any atom is -0.480 e.